The Morgan fingerprint density at radius 1 is 1.60 bits per heavy atom. The number of halogens is 2. The Kier molecular flexibility index (Phi) is 4.07. The van der Waals surface area contributed by atoms with Crippen molar-refractivity contribution in [3.63, 3.8) is 0 Å². The number of amides is 1. The van der Waals surface area contributed by atoms with E-state index in [4.69, 9.17) is 16.9 Å². The lowest BCUT2D eigenvalue weighted by Crippen LogP contribution is -2.25. The number of benzene rings is 1. The number of carbonyl (C=O) groups is 1. The van der Waals surface area contributed by atoms with Crippen molar-refractivity contribution in [2.24, 2.45) is 0 Å². The highest BCUT2D eigenvalue weighted by Gasteiger charge is 2.12. The summed E-state index contributed by atoms with van der Waals surface area (Å²) in [5.41, 5.74) is -0.111. The standard InChI is InChI=1S/C10H8ClFN2O/c11-8-4-1-3-7(9(8)12)10(15)14-6-2-5-13/h1,3-4H,2,6H2,(H,14,15). The lowest BCUT2D eigenvalue weighted by Gasteiger charge is -2.04. The van der Waals surface area contributed by atoms with Gasteiger partial charge in [0.15, 0.2) is 5.82 Å². The summed E-state index contributed by atoms with van der Waals surface area (Å²) in [4.78, 5) is 11.4. The summed E-state index contributed by atoms with van der Waals surface area (Å²) in [6, 6.07) is 6.06. The first kappa shape index (κ1) is 11.5. The van der Waals surface area contributed by atoms with Crippen LogP contribution in [0, 0.1) is 17.1 Å². The number of nitrogens with one attached hydrogen (secondary N) is 1. The van der Waals surface area contributed by atoms with E-state index in [1.165, 1.54) is 18.2 Å². The lowest BCUT2D eigenvalue weighted by atomic mass is 10.2. The van der Waals surface area contributed by atoms with Crippen LogP contribution in [0.4, 0.5) is 4.39 Å². The smallest absolute Gasteiger partial charge is 0.254 e. The third kappa shape index (κ3) is 2.93. The maximum atomic E-state index is 13.3. The van der Waals surface area contributed by atoms with Crippen molar-refractivity contribution >= 4 is 17.5 Å². The van der Waals surface area contributed by atoms with E-state index in [0.29, 0.717) is 0 Å². The van der Waals surface area contributed by atoms with E-state index in [0.717, 1.165) is 0 Å². The minimum Gasteiger partial charge on any atom is -0.351 e. The summed E-state index contributed by atoms with van der Waals surface area (Å²) in [5, 5.41) is 10.6. The molecule has 0 aliphatic rings. The van der Waals surface area contributed by atoms with Gasteiger partial charge in [-0.3, -0.25) is 4.79 Å². The minimum atomic E-state index is -0.742. The first-order valence-electron chi connectivity index (χ1n) is 4.26. The van der Waals surface area contributed by atoms with Gasteiger partial charge < -0.3 is 5.32 Å². The maximum absolute atomic E-state index is 13.3. The van der Waals surface area contributed by atoms with E-state index in [1.54, 1.807) is 0 Å². The lowest BCUT2D eigenvalue weighted by molar-refractivity contribution is 0.0950. The summed E-state index contributed by atoms with van der Waals surface area (Å²) >= 11 is 5.51. The topological polar surface area (TPSA) is 52.9 Å². The summed E-state index contributed by atoms with van der Waals surface area (Å²) in [5.74, 6) is -1.31. The molecule has 0 saturated carbocycles. The number of hydrogen-bond acceptors (Lipinski definition) is 2. The van der Waals surface area contributed by atoms with E-state index in [-0.39, 0.29) is 23.6 Å². The predicted molar refractivity (Wildman–Crippen MR) is 54.0 cm³/mol. The van der Waals surface area contributed by atoms with Gasteiger partial charge in [0.05, 0.1) is 23.1 Å². The predicted octanol–water partition coefficient (Wildman–Crippen LogP) is 2.12. The second-order valence-corrected chi connectivity index (χ2v) is 3.17. The van der Waals surface area contributed by atoms with Crippen LogP contribution in [0.5, 0.6) is 0 Å². The fourth-order valence-electron chi connectivity index (χ4n) is 1.01. The Bertz CT molecular complexity index is 414. The first-order chi connectivity index (χ1) is 7.16. The molecule has 1 rings (SSSR count). The van der Waals surface area contributed by atoms with E-state index in [2.05, 4.69) is 5.32 Å². The number of carbonyl (C=O) groups excluding carboxylic acids is 1. The molecule has 1 amide bonds. The van der Waals surface area contributed by atoms with E-state index in [9.17, 15) is 9.18 Å². The Hall–Kier alpha value is -1.60. The van der Waals surface area contributed by atoms with Crippen molar-refractivity contribution in [2.45, 2.75) is 6.42 Å². The molecule has 0 bridgehead atoms. The summed E-state index contributed by atoms with van der Waals surface area (Å²) in [6.07, 6.45) is 0.188. The van der Waals surface area contributed by atoms with Crippen molar-refractivity contribution in [1.29, 1.82) is 5.26 Å². The Morgan fingerprint density at radius 2 is 2.33 bits per heavy atom. The van der Waals surface area contributed by atoms with Crippen molar-refractivity contribution in [3.05, 3.63) is 34.6 Å². The molecule has 0 atom stereocenters. The van der Waals surface area contributed by atoms with Gasteiger partial charge in [-0.05, 0) is 12.1 Å². The van der Waals surface area contributed by atoms with E-state index < -0.39 is 11.7 Å². The third-order valence-corrected chi connectivity index (χ3v) is 2.01. The number of rotatable bonds is 3. The van der Waals surface area contributed by atoms with Gasteiger partial charge in [-0.1, -0.05) is 17.7 Å². The maximum Gasteiger partial charge on any atom is 0.254 e. The SMILES string of the molecule is N#CCCNC(=O)c1cccc(Cl)c1F. The quantitative estimate of drug-likeness (QED) is 0.803. The molecule has 1 aromatic rings. The zero-order valence-corrected chi connectivity index (χ0v) is 8.51. The average Bonchev–Trinajstić information content (AvgIpc) is 2.22. The molecule has 0 fully saturated rings. The minimum absolute atomic E-state index is 0.0945. The molecule has 0 spiro atoms. The summed E-state index contributed by atoms with van der Waals surface area (Å²) in [7, 11) is 0. The molecule has 0 aromatic heterocycles. The van der Waals surface area contributed by atoms with E-state index >= 15 is 0 Å². The van der Waals surface area contributed by atoms with Crippen molar-refractivity contribution in [1.82, 2.24) is 5.32 Å². The molecular formula is C10H8ClFN2O. The largest absolute Gasteiger partial charge is 0.351 e. The zero-order valence-electron chi connectivity index (χ0n) is 7.76. The molecule has 0 unspecified atom stereocenters. The van der Waals surface area contributed by atoms with Crippen LogP contribution in [0.15, 0.2) is 18.2 Å². The Morgan fingerprint density at radius 3 is 3.00 bits per heavy atom. The van der Waals surface area contributed by atoms with Gasteiger partial charge in [0.2, 0.25) is 0 Å². The monoisotopic (exact) mass is 226 g/mol. The molecule has 1 N–H and O–H groups in total. The van der Waals surface area contributed by atoms with Crippen molar-refractivity contribution in [3.8, 4) is 6.07 Å². The summed E-state index contributed by atoms with van der Waals surface area (Å²) in [6.45, 7) is 0.196. The molecule has 1 aromatic carbocycles. The van der Waals surface area contributed by atoms with Crippen molar-refractivity contribution < 1.29 is 9.18 Å². The van der Waals surface area contributed by atoms with Crippen LogP contribution in [0.25, 0.3) is 0 Å². The molecule has 15 heavy (non-hydrogen) atoms. The van der Waals surface area contributed by atoms with E-state index in [1.807, 2.05) is 6.07 Å². The second-order valence-electron chi connectivity index (χ2n) is 2.77. The molecule has 0 aliphatic carbocycles. The van der Waals surface area contributed by atoms with Crippen LogP contribution in [0.3, 0.4) is 0 Å². The van der Waals surface area contributed by atoms with Crippen LogP contribution in [0.2, 0.25) is 5.02 Å². The second kappa shape index (κ2) is 5.32. The van der Waals surface area contributed by atoms with Gasteiger partial charge in [-0.2, -0.15) is 5.26 Å². The fraction of sp³-hybridized carbons (Fsp3) is 0.200. The van der Waals surface area contributed by atoms with Gasteiger partial charge in [0.1, 0.15) is 0 Å². The zero-order chi connectivity index (χ0) is 11.3. The van der Waals surface area contributed by atoms with Crippen LogP contribution in [-0.2, 0) is 0 Å². The van der Waals surface area contributed by atoms with Crippen LogP contribution in [0.1, 0.15) is 16.8 Å². The molecule has 78 valence electrons. The van der Waals surface area contributed by atoms with Crippen LogP contribution >= 0.6 is 11.6 Å². The first-order valence-corrected chi connectivity index (χ1v) is 4.63. The highest BCUT2D eigenvalue weighted by atomic mass is 35.5. The number of hydrogen-bond donors (Lipinski definition) is 1. The van der Waals surface area contributed by atoms with Crippen LogP contribution in [-0.4, -0.2) is 12.5 Å². The van der Waals surface area contributed by atoms with Gasteiger partial charge >= 0.3 is 0 Å². The van der Waals surface area contributed by atoms with Gasteiger partial charge in [-0.25, -0.2) is 4.39 Å². The molecule has 0 radical (unpaired) electrons. The fourth-order valence-corrected chi connectivity index (χ4v) is 1.18. The molecule has 5 heteroatoms. The van der Waals surface area contributed by atoms with Gasteiger partial charge in [0, 0.05) is 6.54 Å². The highest BCUT2D eigenvalue weighted by Crippen LogP contribution is 2.17. The van der Waals surface area contributed by atoms with Crippen LogP contribution < -0.4 is 5.32 Å². The van der Waals surface area contributed by atoms with Gasteiger partial charge in [0.25, 0.3) is 5.91 Å². The molecular weight excluding hydrogens is 219 g/mol. The highest BCUT2D eigenvalue weighted by molar-refractivity contribution is 6.31. The number of nitrogens with zero attached hydrogens (tertiary/aromatic N) is 1. The molecule has 0 saturated heterocycles. The molecule has 0 heterocycles. The Labute approximate surface area is 91.5 Å². The number of nitriles is 1. The Balaban J connectivity index is 2.75. The van der Waals surface area contributed by atoms with Gasteiger partial charge in [-0.15, -0.1) is 0 Å². The summed E-state index contributed by atoms with van der Waals surface area (Å²) < 4.78 is 13.3. The third-order valence-electron chi connectivity index (χ3n) is 1.72. The normalized spacial score (nSPS) is 9.40. The average molecular weight is 227 g/mol. The van der Waals surface area contributed by atoms with Crippen molar-refractivity contribution in [2.75, 3.05) is 6.54 Å². The molecule has 0 aliphatic heterocycles. The molecule has 3 nitrogen and oxygen atoms in total.